The van der Waals surface area contributed by atoms with Gasteiger partial charge in [-0.25, -0.2) is 4.98 Å². The Kier molecular flexibility index (Phi) is 3.19. The van der Waals surface area contributed by atoms with Crippen LogP contribution in [0.1, 0.15) is 23.9 Å². The van der Waals surface area contributed by atoms with Gasteiger partial charge in [0.05, 0.1) is 5.01 Å². The van der Waals surface area contributed by atoms with E-state index in [4.69, 9.17) is 10.7 Å². The lowest BCUT2D eigenvalue weighted by molar-refractivity contribution is 0.910. The molecule has 0 bridgehead atoms. The van der Waals surface area contributed by atoms with Gasteiger partial charge in [-0.2, -0.15) is 0 Å². The van der Waals surface area contributed by atoms with Crippen molar-refractivity contribution >= 4 is 22.0 Å². The lowest BCUT2D eigenvalue weighted by Crippen LogP contribution is -2.12. The van der Waals surface area contributed by atoms with Crippen LogP contribution in [-0.2, 0) is 12.8 Å². The van der Waals surface area contributed by atoms with Crippen LogP contribution in [0.15, 0.2) is 18.2 Å². The number of hydrogen-bond acceptors (Lipinski definition) is 4. The second-order valence-electron chi connectivity index (χ2n) is 5.09. The number of nitrogen functional groups attached to an aromatic ring is 1. The van der Waals surface area contributed by atoms with E-state index in [-0.39, 0.29) is 0 Å². The van der Waals surface area contributed by atoms with E-state index < -0.39 is 0 Å². The molecule has 2 N–H and O–H groups in total. The lowest BCUT2D eigenvalue weighted by Gasteiger charge is -2.11. The molecule has 4 heteroatoms. The number of anilines is 2. The monoisotopic (exact) mass is 273 g/mol. The summed E-state index contributed by atoms with van der Waals surface area (Å²) in [4.78, 5) is 6.99. The summed E-state index contributed by atoms with van der Waals surface area (Å²) in [6, 6.07) is 6.58. The van der Waals surface area contributed by atoms with E-state index in [9.17, 15) is 0 Å². The van der Waals surface area contributed by atoms with Gasteiger partial charge < -0.3 is 10.6 Å². The molecule has 0 aliphatic carbocycles. The maximum Gasteiger partial charge on any atom is 0.114 e. The van der Waals surface area contributed by atoms with Crippen LogP contribution in [0, 0.1) is 0 Å². The van der Waals surface area contributed by atoms with Crippen LogP contribution in [0.3, 0.4) is 0 Å². The van der Waals surface area contributed by atoms with Gasteiger partial charge >= 0.3 is 0 Å². The van der Waals surface area contributed by atoms with Crippen molar-refractivity contribution in [3.63, 3.8) is 0 Å². The van der Waals surface area contributed by atoms with Crippen molar-refractivity contribution in [1.82, 2.24) is 4.98 Å². The third kappa shape index (κ3) is 2.21. The van der Waals surface area contributed by atoms with Gasteiger partial charge in [-0.15, -0.1) is 11.3 Å². The molecular weight excluding hydrogens is 254 g/mol. The zero-order chi connectivity index (χ0) is 13.4. The summed E-state index contributed by atoms with van der Waals surface area (Å²) in [5.74, 6) is 0. The molecule has 100 valence electrons. The van der Waals surface area contributed by atoms with E-state index in [1.54, 1.807) is 11.3 Å². The normalized spacial score (nSPS) is 13.9. The molecule has 0 fully saturated rings. The van der Waals surface area contributed by atoms with Crippen molar-refractivity contribution in [2.45, 2.75) is 26.2 Å². The molecule has 2 aromatic rings. The summed E-state index contributed by atoms with van der Waals surface area (Å²) in [6.45, 7) is 3.27. The first-order valence-electron chi connectivity index (χ1n) is 6.78. The summed E-state index contributed by atoms with van der Waals surface area (Å²) in [6.07, 6.45) is 3.25. The van der Waals surface area contributed by atoms with E-state index in [0.717, 1.165) is 47.1 Å². The second kappa shape index (κ2) is 4.85. The molecule has 2 heterocycles. The summed E-state index contributed by atoms with van der Waals surface area (Å²) in [5.41, 5.74) is 11.0. The number of aryl methyl sites for hydroxylation is 1. The molecule has 19 heavy (non-hydrogen) atoms. The maximum absolute atomic E-state index is 6.12. The maximum atomic E-state index is 6.12. The van der Waals surface area contributed by atoms with Gasteiger partial charge in [0, 0.05) is 24.8 Å². The molecule has 1 aliphatic rings. The van der Waals surface area contributed by atoms with E-state index in [2.05, 4.69) is 37.1 Å². The summed E-state index contributed by atoms with van der Waals surface area (Å²) in [7, 11) is 2.14. The van der Waals surface area contributed by atoms with Crippen molar-refractivity contribution in [1.29, 1.82) is 0 Å². The molecule has 1 aromatic carbocycles. The van der Waals surface area contributed by atoms with Crippen LogP contribution in [-0.4, -0.2) is 18.6 Å². The predicted octanol–water partition coefficient (Wildman–Crippen LogP) is 3.34. The van der Waals surface area contributed by atoms with E-state index in [1.165, 1.54) is 11.3 Å². The number of likely N-dealkylation sites (N-methyl/N-ethyl adjacent to an activating group) is 1. The van der Waals surface area contributed by atoms with Crippen LogP contribution in [0.25, 0.3) is 11.3 Å². The van der Waals surface area contributed by atoms with Gasteiger partial charge in [0.15, 0.2) is 0 Å². The Morgan fingerprint density at radius 2 is 2.26 bits per heavy atom. The highest BCUT2D eigenvalue weighted by atomic mass is 32.1. The van der Waals surface area contributed by atoms with Gasteiger partial charge in [-0.05, 0) is 37.0 Å². The van der Waals surface area contributed by atoms with Crippen molar-refractivity contribution in [3.8, 4) is 11.3 Å². The number of aromatic nitrogens is 1. The highest BCUT2D eigenvalue weighted by Crippen LogP contribution is 2.35. The number of nitrogens with zero attached hydrogens (tertiary/aromatic N) is 2. The fourth-order valence-corrected chi connectivity index (χ4v) is 3.58. The Morgan fingerprint density at radius 1 is 1.42 bits per heavy atom. The molecule has 0 spiro atoms. The smallest absolute Gasteiger partial charge is 0.114 e. The van der Waals surface area contributed by atoms with Crippen molar-refractivity contribution in [2.24, 2.45) is 0 Å². The molecule has 0 saturated carbocycles. The minimum absolute atomic E-state index is 0.842. The van der Waals surface area contributed by atoms with E-state index in [0.29, 0.717) is 0 Å². The van der Waals surface area contributed by atoms with Crippen LogP contribution in [0.5, 0.6) is 0 Å². The highest BCUT2D eigenvalue weighted by molar-refractivity contribution is 7.16. The molecule has 1 aromatic heterocycles. The van der Waals surface area contributed by atoms with Crippen LogP contribution < -0.4 is 10.6 Å². The molecule has 3 nitrogen and oxygen atoms in total. The first kappa shape index (κ1) is 12.5. The van der Waals surface area contributed by atoms with E-state index >= 15 is 0 Å². The Bertz CT molecular complexity index is 603. The Hall–Kier alpha value is -1.55. The standard InChI is InChI=1S/C15H19N3S/c1-3-4-13-17-14(15(16)19-13)11-5-6-12-10(9-11)7-8-18(12)2/h5-6,9H,3-4,7-8,16H2,1-2H3. The molecular formula is C15H19N3S. The number of rotatable bonds is 3. The predicted molar refractivity (Wildman–Crippen MR) is 82.9 cm³/mol. The molecule has 0 amide bonds. The molecule has 0 saturated heterocycles. The van der Waals surface area contributed by atoms with Crippen LogP contribution in [0.2, 0.25) is 0 Å². The highest BCUT2D eigenvalue weighted by Gasteiger charge is 2.18. The minimum Gasteiger partial charge on any atom is -0.389 e. The van der Waals surface area contributed by atoms with Gasteiger partial charge in [0.2, 0.25) is 0 Å². The Labute approximate surface area is 118 Å². The number of nitrogens with two attached hydrogens (primary N) is 1. The fourth-order valence-electron chi connectivity index (χ4n) is 2.62. The largest absolute Gasteiger partial charge is 0.389 e. The van der Waals surface area contributed by atoms with Crippen LogP contribution in [0.4, 0.5) is 10.7 Å². The van der Waals surface area contributed by atoms with Crippen molar-refractivity contribution in [2.75, 3.05) is 24.2 Å². The van der Waals surface area contributed by atoms with Crippen molar-refractivity contribution < 1.29 is 0 Å². The van der Waals surface area contributed by atoms with Crippen LogP contribution >= 0.6 is 11.3 Å². The Balaban J connectivity index is 1.98. The summed E-state index contributed by atoms with van der Waals surface area (Å²) >= 11 is 1.62. The zero-order valence-electron chi connectivity index (χ0n) is 11.4. The van der Waals surface area contributed by atoms with Gasteiger partial charge in [0.25, 0.3) is 0 Å². The molecule has 1 aliphatic heterocycles. The van der Waals surface area contributed by atoms with E-state index in [1.807, 2.05) is 0 Å². The average molecular weight is 273 g/mol. The third-order valence-corrected chi connectivity index (χ3v) is 4.59. The summed E-state index contributed by atoms with van der Waals surface area (Å²) in [5, 5.41) is 1.99. The quantitative estimate of drug-likeness (QED) is 0.932. The second-order valence-corrected chi connectivity index (χ2v) is 6.20. The Morgan fingerprint density at radius 3 is 3.05 bits per heavy atom. The molecule has 3 rings (SSSR count). The topological polar surface area (TPSA) is 42.2 Å². The van der Waals surface area contributed by atoms with Crippen molar-refractivity contribution in [3.05, 3.63) is 28.8 Å². The number of fused-ring (bicyclic) bond motifs is 1. The first-order chi connectivity index (χ1) is 9.19. The van der Waals surface area contributed by atoms with Gasteiger partial charge in [-0.1, -0.05) is 13.0 Å². The third-order valence-electron chi connectivity index (χ3n) is 3.64. The average Bonchev–Trinajstić information content (AvgIpc) is 2.94. The summed E-state index contributed by atoms with van der Waals surface area (Å²) < 4.78 is 0. The number of benzene rings is 1. The SMILES string of the molecule is CCCc1nc(-c2ccc3c(c2)CCN3C)c(N)s1. The zero-order valence-corrected chi connectivity index (χ0v) is 12.3. The molecule has 0 unspecified atom stereocenters. The minimum atomic E-state index is 0.842. The van der Waals surface area contributed by atoms with Gasteiger partial charge in [-0.3, -0.25) is 0 Å². The fraction of sp³-hybridized carbons (Fsp3) is 0.400. The van der Waals surface area contributed by atoms with Gasteiger partial charge in [0.1, 0.15) is 10.7 Å². The molecule has 0 radical (unpaired) electrons. The lowest BCUT2D eigenvalue weighted by atomic mass is 10.1. The first-order valence-corrected chi connectivity index (χ1v) is 7.60. The molecule has 0 atom stereocenters. The number of thiazole rings is 1. The number of hydrogen-bond donors (Lipinski definition) is 1.